The van der Waals surface area contributed by atoms with Crippen LogP contribution in [0.15, 0.2) is 23.8 Å². The summed E-state index contributed by atoms with van der Waals surface area (Å²) < 4.78 is 71.1. The molecular formula is C21H25FN10O11P2. The van der Waals surface area contributed by atoms with Gasteiger partial charge in [-0.3, -0.25) is 32.4 Å². The van der Waals surface area contributed by atoms with E-state index in [0.717, 1.165) is 10.9 Å². The number of alkyl halides is 1. The van der Waals surface area contributed by atoms with E-state index in [4.69, 9.17) is 34.3 Å². The number of hydrogen-bond donors (Lipinski definition) is 6. The summed E-state index contributed by atoms with van der Waals surface area (Å²) in [5.41, 5.74) is 11.0. The number of rotatable bonds is 2. The van der Waals surface area contributed by atoms with Gasteiger partial charge in [0.1, 0.15) is 36.3 Å². The molecule has 1 saturated carbocycles. The first-order valence-corrected chi connectivity index (χ1v) is 16.3. The lowest BCUT2D eigenvalue weighted by Gasteiger charge is -2.28. The van der Waals surface area contributed by atoms with Gasteiger partial charge in [0, 0.05) is 5.92 Å². The Labute approximate surface area is 249 Å². The summed E-state index contributed by atoms with van der Waals surface area (Å²) in [7, 11) is -10.1. The molecule has 45 heavy (non-hydrogen) atoms. The van der Waals surface area contributed by atoms with Crippen molar-refractivity contribution in [1.29, 1.82) is 0 Å². The number of halogens is 1. The molecule has 0 aromatic carbocycles. The number of aliphatic hydroxyl groups is 1. The zero-order chi connectivity index (χ0) is 31.8. The van der Waals surface area contributed by atoms with Crippen molar-refractivity contribution in [3.8, 4) is 0 Å². The quantitative estimate of drug-likeness (QED) is 0.143. The standard InChI is InChI=1S/C21H25FN10O11P2/c22-10-15-9(41-20(10)32-6-27-11-16(23)25-4-26-17(11)32)3-40-45(37,38)42-14-7(2-39-44(35,36)43-15)1-8(13(14)33)31-5-28-12-18(31)29-21(24)30-19(12)34/h4-10,13-15,20,33H,1-3H2,(H,35,36)(H,37,38)(H2,23,25,26)(H3,24,29,30,34)/t7-,8-,9-,10+,13?,14+,15?,20-/m1/s1. The van der Waals surface area contributed by atoms with Crippen LogP contribution in [0, 0.1) is 5.92 Å². The van der Waals surface area contributed by atoms with Gasteiger partial charge in [-0.15, -0.1) is 0 Å². The highest BCUT2D eigenvalue weighted by Crippen LogP contribution is 2.55. The highest BCUT2D eigenvalue weighted by atomic mass is 31.2. The van der Waals surface area contributed by atoms with Crippen LogP contribution < -0.4 is 17.0 Å². The fourth-order valence-corrected chi connectivity index (χ4v) is 7.82. The molecule has 10 atom stereocenters. The summed E-state index contributed by atoms with van der Waals surface area (Å²) in [6.07, 6.45) is -6.76. The number of fused-ring (bicyclic) bond motifs is 4. The first-order chi connectivity index (χ1) is 21.3. The maximum Gasteiger partial charge on any atom is 0.472 e. The third kappa shape index (κ3) is 5.31. The van der Waals surface area contributed by atoms with Gasteiger partial charge in [-0.2, -0.15) is 4.98 Å². The molecule has 2 saturated heterocycles. The number of aliphatic hydroxyl groups excluding tert-OH is 1. The Morgan fingerprint density at radius 2 is 1.64 bits per heavy atom. The molecule has 4 unspecified atom stereocenters. The van der Waals surface area contributed by atoms with E-state index in [0.29, 0.717) is 0 Å². The maximum absolute atomic E-state index is 15.9. The van der Waals surface area contributed by atoms with Gasteiger partial charge >= 0.3 is 15.6 Å². The molecule has 7 rings (SSSR count). The molecule has 8 N–H and O–H groups in total. The van der Waals surface area contributed by atoms with Crippen molar-refractivity contribution < 1.29 is 51.2 Å². The van der Waals surface area contributed by atoms with Crippen LogP contribution in [0.25, 0.3) is 22.3 Å². The molecule has 0 bridgehead atoms. The Morgan fingerprint density at radius 1 is 0.956 bits per heavy atom. The molecule has 3 aliphatic rings. The van der Waals surface area contributed by atoms with Gasteiger partial charge < -0.3 is 35.7 Å². The first kappa shape index (κ1) is 30.2. The fraction of sp³-hybridized carbons (Fsp3) is 0.524. The van der Waals surface area contributed by atoms with E-state index < -0.39 is 83.2 Å². The van der Waals surface area contributed by atoms with Crippen molar-refractivity contribution in [3.63, 3.8) is 0 Å². The lowest BCUT2D eigenvalue weighted by atomic mass is 10.1. The molecule has 4 aromatic rings. The fourth-order valence-electron chi connectivity index (χ4n) is 5.82. The molecule has 2 aliphatic heterocycles. The summed E-state index contributed by atoms with van der Waals surface area (Å²) in [4.78, 5) is 55.7. The third-order valence-corrected chi connectivity index (χ3v) is 9.81. The summed E-state index contributed by atoms with van der Waals surface area (Å²) >= 11 is 0. The van der Waals surface area contributed by atoms with Crippen LogP contribution in [0.3, 0.4) is 0 Å². The lowest BCUT2D eigenvalue weighted by Crippen LogP contribution is -2.36. The molecule has 3 fully saturated rings. The van der Waals surface area contributed by atoms with Crippen LogP contribution in [0.1, 0.15) is 18.7 Å². The van der Waals surface area contributed by atoms with E-state index in [9.17, 15) is 28.8 Å². The molecule has 1 aliphatic carbocycles. The lowest BCUT2D eigenvalue weighted by molar-refractivity contribution is -0.0592. The summed E-state index contributed by atoms with van der Waals surface area (Å²) in [6, 6.07) is -0.979. The van der Waals surface area contributed by atoms with Gasteiger partial charge in [0.15, 0.2) is 35.0 Å². The Kier molecular flexibility index (Phi) is 7.28. The summed E-state index contributed by atoms with van der Waals surface area (Å²) in [5.74, 6) is -1.24. The maximum atomic E-state index is 15.9. The van der Waals surface area contributed by atoms with Crippen LogP contribution in [0.2, 0.25) is 0 Å². The van der Waals surface area contributed by atoms with Crippen molar-refractivity contribution in [2.45, 2.75) is 49.3 Å². The van der Waals surface area contributed by atoms with E-state index in [-0.39, 0.29) is 40.5 Å². The Balaban J connectivity index is 1.17. The van der Waals surface area contributed by atoms with E-state index >= 15 is 4.39 Å². The zero-order valence-corrected chi connectivity index (χ0v) is 24.4. The number of ether oxygens (including phenoxy) is 1. The Morgan fingerprint density at radius 3 is 2.42 bits per heavy atom. The number of nitrogens with one attached hydrogen (secondary N) is 1. The van der Waals surface area contributed by atoms with Crippen LogP contribution in [-0.4, -0.2) is 97.7 Å². The molecule has 21 nitrogen and oxygen atoms in total. The van der Waals surface area contributed by atoms with Gasteiger partial charge in [0.25, 0.3) is 5.56 Å². The second kappa shape index (κ2) is 10.8. The Hall–Kier alpha value is -3.43. The number of nitrogen functional groups attached to an aromatic ring is 2. The number of nitrogens with zero attached hydrogens (tertiary/aromatic N) is 7. The molecule has 0 radical (unpaired) electrons. The number of nitrogens with two attached hydrogens (primary N) is 2. The predicted molar refractivity (Wildman–Crippen MR) is 146 cm³/mol. The predicted octanol–water partition coefficient (Wildman–Crippen LogP) is -0.701. The van der Waals surface area contributed by atoms with E-state index in [1.165, 1.54) is 17.2 Å². The number of H-pyrrole nitrogens is 1. The molecule has 0 spiro atoms. The van der Waals surface area contributed by atoms with Gasteiger partial charge in [0.05, 0.1) is 31.9 Å². The van der Waals surface area contributed by atoms with Crippen LogP contribution in [-0.2, 0) is 32.0 Å². The minimum Gasteiger partial charge on any atom is -0.388 e. The topological polar surface area (TPSA) is 300 Å². The van der Waals surface area contributed by atoms with Crippen molar-refractivity contribution in [2.75, 3.05) is 24.7 Å². The number of aromatic amines is 1. The molecule has 4 aromatic heterocycles. The number of anilines is 2. The molecule has 6 heterocycles. The monoisotopic (exact) mass is 674 g/mol. The average Bonchev–Trinajstić information content (AvgIpc) is 3.72. The highest BCUT2D eigenvalue weighted by molar-refractivity contribution is 7.47. The van der Waals surface area contributed by atoms with Gasteiger partial charge in [0.2, 0.25) is 5.95 Å². The zero-order valence-electron chi connectivity index (χ0n) is 22.6. The van der Waals surface area contributed by atoms with Crippen molar-refractivity contribution in [2.24, 2.45) is 5.92 Å². The largest absolute Gasteiger partial charge is 0.472 e. The number of aromatic nitrogens is 8. The number of hydrogen-bond acceptors (Lipinski definition) is 16. The molecular weight excluding hydrogens is 649 g/mol. The summed E-state index contributed by atoms with van der Waals surface area (Å²) in [5, 5.41) is 11.2. The molecule has 242 valence electrons. The smallest absolute Gasteiger partial charge is 0.388 e. The van der Waals surface area contributed by atoms with Crippen molar-refractivity contribution >= 4 is 49.7 Å². The molecule has 24 heteroatoms. The minimum atomic E-state index is -5.05. The Bertz CT molecular complexity index is 1940. The minimum absolute atomic E-state index is 0.00599. The second-order valence-electron chi connectivity index (χ2n) is 10.6. The number of imidazole rings is 2. The van der Waals surface area contributed by atoms with E-state index in [2.05, 4.69) is 29.9 Å². The van der Waals surface area contributed by atoms with Gasteiger partial charge in [-0.1, -0.05) is 0 Å². The SMILES string of the molecule is Nc1nc2c(ncn2[C@@H]2C[C@@H]3COP(=O)(O)OC4[C@@H](COP(=O)(O)O[C@@H]3C2O)O[C@@H](n2cnc3c(N)ncnc32)[C@H]4F)c(=O)[nH]1. The van der Waals surface area contributed by atoms with Crippen LogP contribution >= 0.6 is 15.6 Å². The molecule has 0 amide bonds. The highest BCUT2D eigenvalue weighted by Gasteiger charge is 2.54. The van der Waals surface area contributed by atoms with Gasteiger partial charge in [-0.05, 0) is 6.42 Å². The van der Waals surface area contributed by atoms with Crippen molar-refractivity contribution in [1.82, 2.24) is 39.0 Å². The number of phosphoric ester groups is 2. The average molecular weight is 674 g/mol. The van der Waals surface area contributed by atoms with E-state index in [1.54, 1.807) is 0 Å². The van der Waals surface area contributed by atoms with E-state index in [1.807, 2.05) is 0 Å². The second-order valence-corrected chi connectivity index (χ2v) is 13.4. The van der Waals surface area contributed by atoms with Crippen LogP contribution in [0.5, 0.6) is 0 Å². The normalized spacial score (nSPS) is 37.7. The number of phosphoric acid groups is 2. The van der Waals surface area contributed by atoms with Crippen LogP contribution in [0.4, 0.5) is 16.2 Å². The van der Waals surface area contributed by atoms with Crippen molar-refractivity contribution in [3.05, 3.63) is 29.3 Å². The summed E-state index contributed by atoms with van der Waals surface area (Å²) in [6.45, 7) is -1.51. The third-order valence-electron chi connectivity index (χ3n) is 7.84. The first-order valence-electron chi connectivity index (χ1n) is 13.3. The van der Waals surface area contributed by atoms with Gasteiger partial charge in [-0.25, -0.2) is 33.5 Å².